The predicted octanol–water partition coefficient (Wildman–Crippen LogP) is -0.873. The van der Waals surface area contributed by atoms with Crippen LogP contribution < -0.4 is 26.2 Å². The Morgan fingerprint density at radius 2 is 2.11 bits per heavy atom. The molecule has 0 aromatic carbocycles. The number of hydrogen-bond donors (Lipinski definition) is 3. The smallest absolute Gasteiger partial charge is 0.322 e. The predicted molar refractivity (Wildman–Crippen MR) is 70.7 cm³/mol. The van der Waals surface area contributed by atoms with Gasteiger partial charge in [-0.3, -0.25) is 10.2 Å². The van der Waals surface area contributed by atoms with Gasteiger partial charge in [0.1, 0.15) is 0 Å². The van der Waals surface area contributed by atoms with Crippen LogP contribution in [0.2, 0.25) is 0 Å². The summed E-state index contributed by atoms with van der Waals surface area (Å²) < 4.78 is 4.93. The molecule has 0 bridgehead atoms. The lowest BCUT2D eigenvalue weighted by Crippen LogP contribution is -2.39. The molecule has 0 aliphatic carbocycles. The highest BCUT2D eigenvalue weighted by molar-refractivity contribution is 5.80. The Labute approximate surface area is 111 Å². The number of amides is 1. The number of hydrazine groups is 1. The Hall–Kier alpha value is -2.16. The van der Waals surface area contributed by atoms with Crippen molar-refractivity contribution in [2.24, 2.45) is 5.84 Å². The van der Waals surface area contributed by atoms with E-state index in [2.05, 4.69) is 25.7 Å². The van der Waals surface area contributed by atoms with Gasteiger partial charge in [0.15, 0.2) is 0 Å². The number of carbonyl (C=O) groups excluding carboxylic acids is 1. The molecule has 1 rings (SSSR count). The van der Waals surface area contributed by atoms with Crippen LogP contribution in [-0.2, 0) is 4.79 Å². The molecule has 0 saturated carbocycles. The van der Waals surface area contributed by atoms with Gasteiger partial charge in [0.05, 0.1) is 13.7 Å². The van der Waals surface area contributed by atoms with Crippen molar-refractivity contribution in [1.29, 1.82) is 0 Å². The van der Waals surface area contributed by atoms with Crippen LogP contribution >= 0.6 is 0 Å². The van der Waals surface area contributed by atoms with E-state index in [1.807, 2.05) is 13.8 Å². The first kappa shape index (κ1) is 14.9. The Morgan fingerprint density at radius 1 is 1.42 bits per heavy atom. The van der Waals surface area contributed by atoms with Crippen LogP contribution in [0.15, 0.2) is 0 Å². The molecule has 0 saturated heterocycles. The number of nitrogen functional groups attached to an aromatic ring is 1. The number of anilines is 2. The maximum absolute atomic E-state index is 11.7. The number of rotatable bonds is 6. The van der Waals surface area contributed by atoms with Crippen LogP contribution in [0, 0.1) is 0 Å². The van der Waals surface area contributed by atoms with Crippen LogP contribution in [0.5, 0.6) is 6.01 Å². The summed E-state index contributed by atoms with van der Waals surface area (Å²) in [6.07, 6.45) is 0. The van der Waals surface area contributed by atoms with Gasteiger partial charge < -0.3 is 15.0 Å². The molecule has 1 amide bonds. The van der Waals surface area contributed by atoms with Crippen LogP contribution in [-0.4, -0.2) is 47.6 Å². The van der Waals surface area contributed by atoms with Crippen LogP contribution in [0.4, 0.5) is 11.9 Å². The molecule has 0 radical (unpaired) electrons. The SMILES string of the molecule is COc1nc(NN)nc(N(C)CC(=O)NC(C)C)n1. The molecule has 0 aliphatic heterocycles. The zero-order valence-electron chi connectivity index (χ0n) is 11.5. The van der Waals surface area contributed by atoms with Gasteiger partial charge >= 0.3 is 6.01 Å². The maximum Gasteiger partial charge on any atom is 0.322 e. The number of likely N-dealkylation sites (N-methyl/N-ethyl adjacent to an activating group) is 1. The molecule has 0 unspecified atom stereocenters. The number of nitrogens with one attached hydrogen (secondary N) is 2. The van der Waals surface area contributed by atoms with Crippen LogP contribution in [0.3, 0.4) is 0 Å². The first-order valence-corrected chi connectivity index (χ1v) is 5.73. The van der Waals surface area contributed by atoms with Gasteiger partial charge in [0.25, 0.3) is 0 Å². The first-order chi connectivity index (χ1) is 8.96. The second-order valence-electron chi connectivity index (χ2n) is 4.17. The summed E-state index contributed by atoms with van der Waals surface area (Å²) in [6.45, 7) is 3.90. The molecule has 0 aliphatic rings. The molecule has 0 atom stereocenters. The summed E-state index contributed by atoms with van der Waals surface area (Å²) >= 11 is 0. The van der Waals surface area contributed by atoms with Gasteiger partial charge in [-0.15, -0.1) is 0 Å². The van der Waals surface area contributed by atoms with Crippen molar-refractivity contribution < 1.29 is 9.53 Å². The van der Waals surface area contributed by atoms with E-state index in [0.29, 0.717) is 5.95 Å². The molecule has 1 aromatic rings. The van der Waals surface area contributed by atoms with Crippen molar-refractivity contribution in [3.63, 3.8) is 0 Å². The van der Waals surface area contributed by atoms with Gasteiger partial charge in [-0.2, -0.15) is 15.0 Å². The molecule has 9 heteroatoms. The van der Waals surface area contributed by atoms with Gasteiger partial charge in [-0.25, -0.2) is 5.84 Å². The maximum atomic E-state index is 11.7. The average molecular weight is 269 g/mol. The molecule has 0 fully saturated rings. The number of carbonyl (C=O) groups is 1. The van der Waals surface area contributed by atoms with Crippen molar-refractivity contribution in [2.45, 2.75) is 19.9 Å². The van der Waals surface area contributed by atoms with Crippen molar-refractivity contribution in [2.75, 3.05) is 31.0 Å². The van der Waals surface area contributed by atoms with Crippen molar-refractivity contribution in [1.82, 2.24) is 20.3 Å². The third-order valence-electron chi connectivity index (χ3n) is 2.09. The quantitative estimate of drug-likeness (QED) is 0.450. The van der Waals surface area contributed by atoms with Gasteiger partial charge in [-0.1, -0.05) is 0 Å². The van der Waals surface area contributed by atoms with E-state index in [1.54, 1.807) is 11.9 Å². The number of methoxy groups -OCH3 is 1. The number of aromatic nitrogens is 3. The fourth-order valence-electron chi connectivity index (χ4n) is 1.33. The second-order valence-corrected chi connectivity index (χ2v) is 4.17. The standard InChI is InChI=1S/C10H19N7O2/c1-6(2)12-7(18)5-17(3)9-13-8(16-11)14-10(15-9)19-4/h6H,5,11H2,1-4H3,(H,12,18)(H,13,14,15,16). The largest absolute Gasteiger partial charge is 0.467 e. The highest BCUT2D eigenvalue weighted by Crippen LogP contribution is 2.12. The molecule has 0 spiro atoms. The highest BCUT2D eigenvalue weighted by atomic mass is 16.5. The third-order valence-corrected chi connectivity index (χ3v) is 2.09. The van der Waals surface area contributed by atoms with Gasteiger partial charge in [-0.05, 0) is 13.8 Å². The zero-order valence-corrected chi connectivity index (χ0v) is 11.5. The zero-order chi connectivity index (χ0) is 14.4. The minimum absolute atomic E-state index is 0.0788. The summed E-state index contributed by atoms with van der Waals surface area (Å²) in [5, 5.41) is 2.78. The van der Waals surface area contributed by atoms with Crippen LogP contribution in [0.1, 0.15) is 13.8 Å². The minimum atomic E-state index is -0.126. The second kappa shape index (κ2) is 6.69. The van der Waals surface area contributed by atoms with Crippen molar-refractivity contribution >= 4 is 17.8 Å². The van der Waals surface area contributed by atoms with Crippen molar-refractivity contribution in [3.05, 3.63) is 0 Å². The molecule has 9 nitrogen and oxygen atoms in total. The van der Waals surface area contributed by atoms with E-state index >= 15 is 0 Å². The summed E-state index contributed by atoms with van der Waals surface area (Å²) in [6, 6.07) is 0.198. The van der Waals surface area contributed by atoms with E-state index in [1.165, 1.54) is 7.11 Å². The number of nitrogens with zero attached hydrogens (tertiary/aromatic N) is 4. The fraction of sp³-hybridized carbons (Fsp3) is 0.600. The Morgan fingerprint density at radius 3 is 2.63 bits per heavy atom. The Balaban J connectivity index is 2.80. The molecule has 19 heavy (non-hydrogen) atoms. The lowest BCUT2D eigenvalue weighted by molar-refractivity contribution is -0.120. The van der Waals surface area contributed by atoms with Crippen molar-refractivity contribution in [3.8, 4) is 6.01 Å². The summed E-state index contributed by atoms with van der Waals surface area (Å²) in [7, 11) is 3.12. The number of nitrogens with two attached hydrogens (primary N) is 1. The summed E-state index contributed by atoms with van der Waals surface area (Å²) in [4.78, 5) is 25.2. The molecule has 1 heterocycles. The number of hydrogen-bond acceptors (Lipinski definition) is 8. The average Bonchev–Trinajstić information content (AvgIpc) is 2.36. The van der Waals surface area contributed by atoms with E-state index in [4.69, 9.17) is 10.6 Å². The molecule has 106 valence electrons. The summed E-state index contributed by atoms with van der Waals surface area (Å²) in [5.74, 6) is 5.58. The lowest BCUT2D eigenvalue weighted by atomic mass is 10.4. The lowest BCUT2D eigenvalue weighted by Gasteiger charge is -2.18. The van der Waals surface area contributed by atoms with Gasteiger partial charge in [0, 0.05) is 13.1 Å². The molecule has 4 N–H and O–H groups in total. The molecular weight excluding hydrogens is 250 g/mol. The fourth-order valence-corrected chi connectivity index (χ4v) is 1.33. The molecular formula is C10H19N7O2. The van der Waals surface area contributed by atoms with Gasteiger partial charge in [0.2, 0.25) is 17.8 Å². The normalized spacial score (nSPS) is 10.2. The summed E-state index contributed by atoms with van der Waals surface area (Å²) in [5.41, 5.74) is 2.31. The number of ether oxygens (including phenoxy) is 1. The minimum Gasteiger partial charge on any atom is -0.467 e. The highest BCUT2D eigenvalue weighted by Gasteiger charge is 2.13. The van der Waals surface area contributed by atoms with E-state index in [0.717, 1.165) is 0 Å². The Bertz CT molecular complexity index is 416. The third kappa shape index (κ3) is 4.54. The Kier molecular flexibility index (Phi) is 5.24. The van der Waals surface area contributed by atoms with E-state index in [-0.39, 0.29) is 30.5 Å². The van der Waals surface area contributed by atoms with E-state index in [9.17, 15) is 4.79 Å². The first-order valence-electron chi connectivity index (χ1n) is 5.73. The van der Waals surface area contributed by atoms with Crippen LogP contribution in [0.25, 0.3) is 0 Å². The van der Waals surface area contributed by atoms with E-state index < -0.39 is 0 Å². The monoisotopic (exact) mass is 269 g/mol. The topological polar surface area (TPSA) is 118 Å². The molecule has 1 aromatic heterocycles.